The van der Waals surface area contributed by atoms with Gasteiger partial charge in [-0.15, -0.1) is 0 Å². The largest absolute Gasteiger partial charge is 0.376 e. The maximum Gasteiger partial charge on any atom is 0.0691 e. The van der Waals surface area contributed by atoms with Crippen LogP contribution in [0, 0.1) is 10.5 Å². The quantitative estimate of drug-likeness (QED) is 0.825. The molecule has 1 aromatic carbocycles. The van der Waals surface area contributed by atoms with Crippen molar-refractivity contribution in [1.82, 2.24) is 4.98 Å². The Labute approximate surface area is 121 Å². The van der Waals surface area contributed by atoms with E-state index in [0.29, 0.717) is 6.04 Å². The van der Waals surface area contributed by atoms with Gasteiger partial charge < -0.3 is 5.32 Å². The molecule has 2 aromatic rings. The van der Waals surface area contributed by atoms with Gasteiger partial charge in [0.15, 0.2) is 0 Å². The average Bonchev–Trinajstić information content (AvgIpc) is 2.76. The van der Waals surface area contributed by atoms with E-state index in [1.54, 1.807) is 0 Å². The fourth-order valence-electron chi connectivity index (χ4n) is 2.53. The normalized spacial score (nSPS) is 17.6. The van der Waals surface area contributed by atoms with E-state index in [4.69, 9.17) is 0 Å². The summed E-state index contributed by atoms with van der Waals surface area (Å²) in [5.74, 6) is 0. The number of nitrogens with one attached hydrogen (secondary N) is 1. The zero-order chi connectivity index (χ0) is 12.5. The summed E-state index contributed by atoms with van der Waals surface area (Å²) >= 11 is 2.35. The molecule has 0 radical (unpaired) electrons. The third-order valence-electron chi connectivity index (χ3n) is 3.48. The van der Waals surface area contributed by atoms with Crippen LogP contribution in [0.5, 0.6) is 0 Å². The highest BCUT2D eigenvalue weighted by molar-refractivity contribution is 14.1. The molecule has 0 saturated carbocycles. The Morgan fingerprint density at radius 2 is 2.22 bits per heavy atom. The molecule has 1 heterocycles. The first-order valence-corrected chi connectivity index (χ1v) is 7.28. The Hall–Kier alpha value is -1.10. The zero-order valence-corrected chi connectivity index (χ0v) is 12.4. The topological polar surface area (TPSA) is 24.9 Å². The highest BCUT2D eigenvalue weighted by atomic mass is 127. The molecule has 0 bridgehead atoms. The summed E-state index contributed by atoms with van der Waals surface area (Å²) in [7, 11) is 0. The van der Waals surface area contributed by atoms with E-state index >= 15 is 0 Å². The Bertz CT molecular complexity index is 580. The highest BCUT2D eigenvalue weighted by Gasteiger charge is 2.23. The van der Waals surface area contributed by atoms with Gasteiger partial charge in [0.2, 0.25) is 0 Å². The van der Waals surface area contributed by atoms with E-state index in [1.165, 1.54) is 26.1 Å². The van der Waals surface area contributed by atoms with Gasteiger partial charge in [-0.1, -0.05) is 6.07 Å². The van der Waals surface area contributed by atoms with Crippen LogP contribution in [0.2, 0.25) is 0 Å². The van der Waals surface area contributed by atoms with Gasteiger partial charge in [0.25, 0.3) is 0 Å². The third-order valence-corrected chi connectivity index (χ3v) is 4.15. The number of aryl methyl sites for hydroxylation is 2. The lowest BCUT2D eigenvalue weighted by Crippen LogP contribution is -2.09. The van der Waals surface area contributed by atoms with Gasteiger partial charge >= 0.3 is 0 Å². The molecule has 2 nitrogen and oxygen atoms in total. The molecule has 1 aromatic heterocycles. The number of aromatic nitrogens is 1. The summed E-state index contributed by atoms with van der Waals surface area (Å²) in [6.07, 6.45) is 4.15. The van der Waals surface area contributed by atoms with Crippen LogP contribution in [0.4, 0.5) is 5.69 Å². The number of anilines is 1. The van der Waals surface area contributed by atoms with Crippen molar-refractivity contribution in [3.05, 3.63) is 56.9 Å². The van der Waals surface area contributed by atoms with Crippen LogP contribution >= 0.6 is 22.6 Å². The van der Waals surface area contributed by atoms with Gasteiger partial charge in [-0.05, 0) is 77.7 Å². The van der Waals surface area contributed by atoms with Gasteiger partial charge in [-0.25, -0.2) is 0 Å². The van der Waals surface area contributed by atoms with Gasteiger partial charge in [0.05, 0.1) is 11.7 Å². The molecule has 3 heteroatoms. The molecule has 0 saturated heterocycles. The molecule has 0 spiro atoms. The molecule has 1 atom stereocenters. The molecular formula is C15H15IN2. The number of nitrogens with zero attached hydrogens (tertiary/aromatic N) is 1. The molecule has 3 rings (SSSR count). The minimum absolute atomic E-state index is 0.361. The van der Waals surface area contributed by atoms with Crippen molar-refractivity contribution in [3.63, 3.8) is 0 Å². The second-order valence-corrected chi connectivity index (χ2v) is 5.99. The summed E-state index contributed by atoms with van der Waals surface area (Å²) < 4.78 is 1.28. The van der Waals surface area contributed by atoms with Crippen molar-refractivity contribution in [2.75, 3.05) is 5.32 Å². The Balaban J connectivity index is 1.86. The maximum absolute atomic E-state index is 4.52. The maximum atomic E-state index is 4.52. The number of fused-ring (bicyclic) bond motifs is 1. The van der Waals surface area contributed by atoms with Gasteiger partial charge in [0, 0.05) is 15.5 Å². The van der Waals surface area contributed by atoms with Crippen molar-refractivity contribution in [1.29, 1.82) is 0 Å². The van der Waals surface area contributed by atoms with Gasteiger partial charge in [-0.3, -0.25) is 4.98 Å². The van der Waals surface area contributed by atoms with Crippen LogP contribution in [0.1, 0.15) is 29.3 Å². The molecule has 0 fully saturated rings. The van der Waals surface area contributed by atoms with Crippen molar-refractivity contribution in [3.8, 4) is 0 Å². The summed E-state index contributed by atoms with van der Waals surface area (Å²) in [5, 5.41) is 3.63. The summed E-state index contributed by atoms with van der Waals surface area (Å²) in [5.41, 5.74) is 5.12. The van der Waals surface area contributed by atoms with Crippen molar-refractivity contribution >= 4 is 28.3 Å². The third kappa shape index (κ3) is 2.23. The van der Waals surface area contributed by atoms with E-state index in [1.807, 2.05) is 12.3 Å². The molecule has 1 N–H and O–H groups in total. The molecule has 1 unspecified atom stereocenters. The van der Waals surface area contributed by atoms with E-state index in [-0.39, 0.29) is 0 Å². The van der Waals surface area contributed by atoms with Gasteiger partial charge in [-0.2, -0.15) is 0 Å². The fraction of sp³-hybridized carbons (Fsp3) is 0.267. The number of hydrogen-bond acceptors (Lipinski definition) is 2. The van der Waals surface area contributed by atoms with Crippen LogP contribution in [0.3, 0.4) is 0 Å². The zero-order valence-electron chi connectivity index (χ0n) is 10.3. The molecule has 1 aliphatic carbocycles. The van der Waals surface area contributed by atoms with Gasteiger partial charge in [0.1, 0.15) is 0 Å². The minimum atomic E-state index is 0.361. The molecular weight excluding hydrogens is 335 g/mol. The highest BCUT2D eigenvalue weighted by Crippen LogP contribution is 2.33. The monoisotopic (exact) mass is 350 g/mol. The predicted octanol–water partition coefficient (Wildman–Crippen LogP) is 4.09. The standard InChI is InChI=1S/C15H15IN2/c1-10-9-12(16)5-7-13(10)18-14-6-4-11-3-2-8-17-15(11)14/h2-3,5,7-9,14,18H,4,6H2,1H3. The number of benzene rings is 1. The van der Waals surface area contributed by atoms with Crippen molar-refractivity contribution in [2.45, 2.75) is 25.8 Å². The molecule has 1 aliphatic rings. The Kier molecular flexibility index (Phi) is 3.24. The van der Waals surface area contributed by atoms with Crippen LogP contribution in [0.25, 0.3) is 0 Å². The van der Waals surface area contributed by atoms with Crippen LogP contribution < -0.4 is 5.32 Å². The number of halogens is 1. The summed E-state index contributed by atoms with van der Waals surface area (Å²) in [6, 6.07) is 11.1. The number of rotatable bonds is 2. The second kappa shape index (κ2) is 4.88. The van der Waals surface area contributed by atoms with Crippen LogP contribution in [-0.2, 0) is 6.42 Å². The van der Waals surface area contributed by atoms with Crippen LogP contribution in [-0.4, -0.2) is 4.98 Å². The SMILES string of the molecule is Cc1cc(I)ccc1NC1CCc2cccnc21. The second-order valence-electron chi connectivity index (χ2n) is 4.74. The van der Waals surface area contributed by atoms with E-state index in [9.17, 15) is 0 Å². The van der Waals surface area contributed by atoms with E-state index in [2.05, 4.69) is 64.1 Å². The summed E-state index contributed by atoms with van der Waals surface area (Å²) in [6.45, 7) is 2.15. The van der Waals surface area contributed by atoms with Crippen molar-refractivity contribution in [2.24, 2.45) is 0 Å². The lowest BCUT2D eigenvalue weighted by atomic mass is 10.1. The van der Waals surface area contributed by atoms with Crippen LogP contribution in [0.15, 0.2) is 36.5 Å². The van der Waals surface area contributed by atoms with E-state index in [0.717, 1.165) is 12.8 Å². The van der Waals surface area contributed by atoms with Crippen molar-refractivity contribution < 1.29 is 0 Å². The molecule has 92 valence electrons. The first-order valence-electron chi connectivity index (χ1n) is 6.20. The smallest absolute Gasteiger partial charge is 0.0691 e. The Morgan fingerprint density at radius 3 is 3.06 bits per heavy atom. The number of pyridine rings is 1. The predicted molar refractivity (Wildman–Crippen MR) is 82.8 cm³/mol. The van der Waals surface area contributed by atoms with E-state index < -0.39 is 0 Å². The number of hydrogen-bond donors (Lipinski definition) is 1. The molecule has 0 amide bonds. The average molecular weight is 350 g/mol. The first-order chi connectivity index (χ1) is 8.74. The lowest BCUT2D eigenvalue weighted by Gasteiger charge is -2.16. The summed E-state index contributed by atoms with van der Waals surface area (Å²) in [4.78, 5) is 4.52. The molecule has 0 aliphatic heterocycles. The fourth-order valence-corrected chi connectivity index (χ4v) is 3.18. The molecule has 18 heavy (non-hydrogen) atoms. The lowest BCUT2D eigenvalue weighted by molar-refractivity contribution is 0.745. The first kappa shape index (κ1) is 12.0. The minimum Gasteiger partial charge on any atom is -0.376 e. The Morgan fingerprint density at radius 1 is 1.33 bits per heavy atom.